The molecule has 0 fully saturated rings. The average Bonchev–Trinajstić information content (AvgIpc) is 1.69. The van der Waals surface area contributed by atoms with Gasteiger partial charge in [0.25, 0.3) is 0 Å². The van der Waals surface area contributed by atoms with Crippen LogP contribution in [0.15, 0.2) is 0 Å². The third-order valence-electron chi connectivity index (χ3n) is 0.488. The van der Waals surface area contributed by atoms with Crippen LogP contribution in [0.25, 0.3) is 0 Å². The van der Waals surface area contributed by atoms with E-state index in [2.05, 4.69) is 4.74 Å². The molecule has 0 atom stereocenters. The lowest BCUT2D eigenvalue weighted by Gasteiger charge is -2.10. The van der Waals surface area contributed by atoms with E-state index in [1.54, 1.807) is 0 Å². The van der Waals surface area contributed by atoms with Gasteiger partial charge in [-0.25, -0.2) is 4.39 Å². The van der Waals surface area contributed by atoms with Gasteiger partial charge in [0.2, 0.25) is 0 Å². The monoisotopic (exact) mass is 136 g/mol. The second-order valence-corrected chi connectivity index (χ2v) is 2.15. The van der Waals surface area contributed by atoms with Crippen molar-refractivity contribution in [2.75, 3.05) is 13.7 Å². The number of rotatable bonds is 2. The number of methoxy groups -OCH3 is 1. The fourth-order valence-corrected chi connectivity index (χ4v) is 0.343. The molecule has 0 aliphatic carbocycles. The first-order chi connectivity index (χ1) is 4.06. The molecular weight excluding hydrogens is 119 g/mol. The molecule has 9 heavy (non-hydrogen) atoms. The first-order valence-corrected chi connectivity index (χ1v) is 3.24. The zero-order valence-corrected chi connectivity index (χ0v) is 6.99. The van der Waals surface area contributed by atoms with Crippen LogP contribution in [0.4, 0.5) is 4.39 Å². The predicted molar refractivity (Wildman–Crippen MR) is 38.4 cm³/mol. The SMILES string of the molecule is CC.COCC(C)(C)F. The Bertz CT molecular complexity index is 47.4. The topological polar surface area (TPSA) is 9.23 Å². The highest BCUT2D eigenvalue weighted by Crippen LogP contribution is 2.06. The van der Waals surface area contributed by atoms with Crippen LogP contribution in [0.1, 0.15) is 27.7 Å². The summed E-state index contributed by atoms with van der Waals surface area (Å²) in [5.74, 6) is 0. The summed E-state index contributed by atoms with van der Waals surface area (Å²) in [6.07, 6.45) is 0. The first kappa shape index (κ1) is 11.7. The standard InChI is InChI=1S/C5H11FO.C2H6/c1-5(2,6)4-7-3;1-2/h4H2,1-3H3;1-2H3. The van der Waals surface area contributed by atoms with Gasteiger partial charge in [-0.05, 0) is 13.8 Å². The molecule has 0 rings (SSSR count). The molecule has 2 heteroatoms. The van der Waals surface area contributed by atoms with E-state index in [1.165, 1.54) is 21.0 Å². The van der Waals surface area contributed by atoms with E-state index in [0.717, 1.165) is 0 Å². The van der Waals surface area contributed by atoms with E-state index >= 15 is 0 Å². The third kappa shape index (κ3) is 18.1. The van der Waals surface area contributed by atoms with Gasteiger partial charge in [0.15, 0.2) is 0 Å². The van der Waals surface area contributed by atoms with Gasteiger partial charge in [0.1, 0.15) is 5.67 Å². The quantitative estimate of drug-likeness (QED) is 0.566. The molecule has 0 saturated carbocycles. The molecule has 0 aliphatic rings. The van der Waals surface area contributed by atoms with E-state index in [9.17, 15) is 4.39 Å². The Labute approximate surface area is 57.2 Å². The second kappa shape index (κ2) is 6.02. The van der Waals surface area contributed by atoms with Crippen LogP contribution in [-0.4, -0.2) is 19.4 Å². The van der Waals surface area contributed by atoms with Gasteiger partial charge in [0.05, 0.1) is 6.61 Å². The van der Waals surface area contributed by atoms with Crippen molar-refractivity contribution in [3.63, 3.8) is 0 Å². The van der Waals surface area contributed by atoms with E-state index in [1.807, 2.05) is 13.8 Å². The second-order valence-electron chi connectivity index (χ2n) is 2.15. The smallest absolute Gasteiger partial charge is 0.128 e. The molecule has 58 valence electrons. The van der Waals surface area contributed by atoms with Gasteiger partial charge in [-0.1, -0.05) is 13.8 Å². The number of hydrogen-bond acceptors (Lipinski definition) is 1. The molecular formula is C7H17FO. The highest BCUT2D eigenvalue weighted by molar-refractivity contribution is 4.62. The highest BCUT2D eigenvalue weighted by atomic mass is 19.1. The van der Waals surface area contributed by atoms with Gasteiger partial charge in [0, 0.05) is 7.11 Å². The molecule has 0 radical (unpaired) electrons. The van der Waals surface area contributed by atoms with Crippen LogP contribution in [-0.2, 0) is 4.74 Å². The van der Waals surface area contributed by atoms with Crippen LogP contribution < -0.4 is 0 Å². The molecule has 0 unspecified atom stereocenters. The van der Waals surface area contributed by atoms with Crippen molar-refractivity contribution >= 4 is 0 Å². The van der Waals surface area contributed by atoms with Crippen molar-refractivity contribution in [3.05, 3.63) is 0 Å². The minimum Gasteiger partial charge on any atom is -0.381 e. The molecule has 0 N–H and O–H groups in total. The number of hydrogen-bond donors (Lipinski definition) is 0. The van der Waals surface area contributed by atoms with E-state index < -0.39 is 5.67 Å². The molecule has 0 spiro atoms. The largest absolute Gasteiger partial charge is 0.381 e. The Morgan fingerprint density at radius 1 is 1.33 bits per heavy atom. The summed E-state index contributed by atoms with van der Waals surface area (Å²) in [4.78, 5) is 0. The summed E-state index contributed by atoms with van der Waals surface area (Å²) in [6, 6.07) is 0. The van der Waals surface area contributed by atoms with E-state index in [-0.39, 0.29) is 6.61 Å². The van der Waals surface area contributed by atoms with Gasteiger partial charge in [-0.3, -0.25) is 0 Å². The van der Waals surface area contributed by atoms with Crippen LogP contribution in [0.5, 0.6) is 0 Å². The average molecular weight is 136 g/mol. The lowest BCUT2D eigenvalue weighted by Crippen LogP contribution is -2.18. The number of ether oxygens (including phenoxy) is 1. The zero-order chi connectivity index (χ0) is 7.91. The van der Waals surface area contributed by atoms with Gasteiger partial charge < -0.3 is 4.74 Å². The minimum atomic E-state index is -1.17. The normalized spacial score (nSPS) is 10.0. The molecule has 0 aromatic carbocycles. The molecule has 0 saturated heterocycles. The first-order valence-electron chi connectivity index (χ1n) is 3.24. The van der Waals surface area contributed by atoms with Crippen molar-refractivity contribution in [1.29, 1.82) is 0 Å². The maximum atomic E-state index is 12.3. The Balaban J connectivity index is 0. The van der Waals surface area contributed by atoms with Gasteiger partial charge in [-0.2, -0.15) is 0 Å². The highest BCUT2D eigenvalue weighted by Gasteiger charge is 2.13. The van der Waals surface area contributed by atoms with Crippen molar-refractivity contribution in [2.24, 2.45) is 0 Å². The molecule has 0 aromatic heterocycles. The van der Waals surface area contributed by atoms with Crippen molar-refractivity contribution < 1.29 is 9.13 Å². The summed E-state index contributed by atoms with van der Waals surface area (Å²) in [5.41, 5.74) is -1.17. The Hall–Kier alpha value is -0.110. The van der Waals surface area contributed by atoms with E-state index in [0.29, 0.717) is 0 Å². The van der Waals surface area contributed by atoms with Crippen LogP contribution in [0.2, 0.25) is 0 Å². The molecule has 1 nitrogen and oxygen atoms in total. The van der Waals surface area contributed by atoms with Gasteiger partial charge in [-0.15, -0.1) is 0 Å². The molecule has 0 amide bonds. The summed E-state index contributed by atoms with van der Waals surface area (Å²) in [6.45, 7) is 7.14. The zero-order valence-electron chi connectivity index (χ0n) is 6.99. The lowest BCUT2D eigenvalue weighted by atomic mass is 10.2. The van der Waals surface area contributed by atoms with E-state index in [4.69, 9.17) is 0 Å². The molecule has 0 aromatic rings. The lowest BCUT2D eigenvalue weighted by molar-refractivity contribution is 0.0685. The Kier molecular flexibility index (Phi) is 7.79. The summed E-state index contributed by atoms with van der Waals surface area (Å²) in [5, 5.41) is 0. The fraction of sp³-hybridized carbons (Fsp3) is 1.00. The van der Waals surface area contributed by atoms with Crippen LogP contribution >= 0.6 is 0 Å². The summed E-state index contributed by atoms with van der Waals surface area (Å²) < 4.78 is 16.8. The van der Waals surface area contributed by atoms with Crippen molar-refractivity contribution in [3.8, 4) is 0 Å². The predicted octanol–water partition coefficient (Wildman–Crippen LogP) is 2.41. The van der Waals surface area contributed by atoms with Crippen molar-refractivity contribution in [1.82, 2.24) is 0 Å². The molecule has 0 bridgehead atoms. The van der Waals surface area contributed by atoms with Crippen LogP contribution in [0, 0.1) is 0 Å². The van der Waals surface area contributed by atoms with Crippen LogP contribution in [0.3, 0.4) is 0 Å². The number of alkyl halides is 1. The maximum Gasteiger partial charge on any atom is 0.128 e. The Morgan fingerprint density at radius 3 is 1.67 bits per heavy atom. The fourth-order valence-electron chi connectivity index (χ4n) is 0.343. The summed E-state index contributed by atoms with van der Waals surface area (Å²) >= 11 is 0. The maximum absolute atomic E-state index is 12.3. The minimum absolute atomic E-state index is 0.174. The van der Waals surface area contributed by atoms with Crippen molar-refractivity contribution in [2.45, 2.75) is 33.4 Å². The molecule has 0 aliphatic heterocycles. The Morgan fingerprint density at radius 2 is 1.67 bits per heavy atom. The number of halogens is 1. The van der Waals surface area contributed by atoms with Gasteiger partial charge >= 0.3 is 0 Å². The summed E-state index contributed by atoms with van der Waals surface area (Å²) in [7, 11) is 1.49. The third-order valence-corrected chi connectivity index (χ3v) is 0.488. The molecule has 0 heterocycles.